The van der Waals surface area contributed by atoms with Crippen LogP contribution in [0.1, 0.15) is 19.8 Å². The lowest BCUT2D eigenvalue weighted by atomic mass is 10.2. The van der Waals surface area contributed by atoms with Crippen molar-refractivity contribution in [3.8, 4) is 11.6 Å². The highest BCUT2D eigenvalue weighted by molar-refractivity contribution is 5.85. The van der Waals surface area contributed by atoms with Crippen molar-refractivity contribution in [2.75, 3.05) is 56.6 Å². The Morgan fingerprint density at radius 3 is 2.62 bits per heavy atom. The number of amides is 1. The van der Waals surface area contributed by atoms with E-state index in [1.54, 1.807) is 23.4 Å². The summed E-state index contributed by atoms with van der Waals surface area (Å²) in [6.07, 6.45) is 4.84. The lowest BCUT2D eigenvalue weighted by molar-refractivity contribution is 0.0988. The van der Waals surface area contributed by atoms with Crippen LogP contribution in [-0.4, -0.2) is 71.9 Å². The van der Waals surface area contributed by atoms with Crippen molar-refractivity contribution >= 4 is 28.6 Å². The van der Waals surface area contributed by atoms with Gasteiger partial charge in [0.25, 0.3) is 5.88 Å². The second-order valence-corrected chi connectivity index (χ2v) is 7.89. The number of pyridine rings is 1. The molecule has 0 radical (unpaired) electrons. The quantitative estimate of drug-likeness (QED) is 0.475. The normalized spacial score (nSPS) is 13.7. The Morgan fingerprint density at radius 1 is 1.00 bits per heavy atom. The molecular weight excluding hydrogens is 436 g/mol. The minimum atomic E-state index is -0.259. The van der Waals surface area contributed by atoms with E-state index in [4.69, 9.17) is 19.9 Å². The van der Waals surface area contributed by atoms with Crippen LogP contribution in [0.25, 0.3) is 10.9 Å². The monoisotopic (exact) mass is 466 g/mol. The maximum atomic E-state index is 12.2. The molecule has 0 bridgehead atoms. The van der Waals surface area contributed by atoms with Gasteiger partial charge in [0.2, 0.25) is 0 Å². The molecule has 1 aliphatic heterocycles. The van der Waals surface area contributed by atoms with Crippen LogP contribution in [0, 0.1) is 0 Å². The molecule has 2 aromatic heterocycles. The Hall–Kier alpha value is -3.82. The zero-order valence-corrected chi connectivity index (χ0v) is 19.4. The van der Waals surface area contributed by atoms with Gasteiger partial charge in [0.1, 0.15) is 30.3 Å². The maximum absolute atomic E-state index is 12.2. The smallest absolute Gasteiger partial charge is 0.409 e. The van der Waals surface area contributed by atoms with Gasteiger partial charge in [-0.15, -0.1) is 0 Å². The van der Waals surface area contributed by atoms with Crippen LogP contribution >= 0.6 is 0 Å². The molecule has 1 fully saturated rings. The molecular formula is C24H30N6O4. The van der Waals surface area contributed by atoms with Crippen molar-refractivity contribution in [2.45, 2.75) is 19.8 Å². The van der Waals surface area contributed by atoms with Crippen LogP contribution in [0.3, 0.4) is 0 Å². The first-order valence-corrected chi connectivity index (χ1v) is 11.5. The molecule has 1 aliphatic rings. The highest BCUT2D eigenvalue weighted by atomic mass is 16.6. The number of piperazine rings is 1. The number of nitrogens with two attached hydrogens (primary N) is 1. The number of benzene rings is 1. The van der Waals surface area contributed by atoms with E-state index in [1.807, 2.05) is 24.3 Å². The molecule has 180 valence electrons. The summed E-state index contributed by atoms with van der Waals surface area (Å²) in [4.78, 5) is 29.2. The van der Waals surface area contributed by atoms with Crippen molar-refractivity contribution < 1.29 is 19.0 Å². The number of unbranched alkanes of at least 4 members (excludes halogenated alkanes) is 1. The number of carbonyl (C=O) groups is 1. The third-order valence-corrected chi connectivity index (χ3v) is 5.49. The Kier molecular flexibility index (Phi) is 7.79. The third kappa shape index (κ3) is 5.75. The molecule has 1 amide bonds. The number of anilines is 2. The summed E-state index contributed by atoms with van der Waals surface area (Å²) < 4.78 is 17.1. The number of hydrogen-bond acceptors (Lipinski definition) is 9. The van der Waals surface area contributed by atoms with Crippen LogP contribution in [0.5, 0.6) is 11.6 Å². The first kappa shape index (κ1) is 23.3. The van der Waals surface area contributed by atoms with E-state index >= 15 is 0 Å². The zero-order chi connectivity index (χ0) is 23.8. The minimum Gasteiger partial charge on any atom is -0.488 e. The largest absolute Gasteiger partial charge is 0.488 e. The standard InChI is InChI=1S/C24H30N6O4/c1-2-3-15-34-24(31)30-13-11-29(12-14-30)22-23(27-10-9-26-22)33-17-16-32-19-6-4-5-18-7-8-20(25)28-21(18)19/h4-10H,2-3,11-17H2,1H3,(H2,25,28). The molecule has 0 saturated carbocycles. The molecule has 10 nitrogen and oxygen atoms in total. The molecule has 0 unspecified atom stereocenters. The van der Waals surface area contributed by atoms with Gasteiger partial charge in [-0.1, -0.05) is 25.5 Å². The number of hydrogen-bond donors (Lipinski definition) is 1. The van der Waals surface area contributed by atoms with Crippen LogP contribution in [-0.2, 0) is 4.74 Å². The summed E-state index contributed by atoms with van der Waals surface area (Å²) in [5, 5.41) is 0.956. The number of fused-ring (bicyclic) bond motifs is 1. The summed E-state index contributed by atoms with van der Waals surface area (Å²) in [6.45, 7) is 5.48. The average Bonchev–Trinajstić information content (AvgIpc) is 2.87. The lowest BCUT2D eigenvalue weighted by Crippen LogP contribution is -2.49. The van der Waals surface area contributed by atoms with E-state index in [9.17, 15) is 4.79 Å². The molecule has 0 aliphatic carbocycles. The minimum absolute atomic E-state index is 0.259. The second-order valence-electron chi connectivity index (χ2n) is 7.89. The Morgan fingerprint density at radius 2 is 1.79 bits per heavy atom. The fraction of sp³-hybridized carbons (Fsp3) is 0.417. The molecule has 3 aromatic rings. The van der Waals surface area contributed by atoms with Crippen molar-refractivity contribution in [2.24, 2.45) is 0 Å². The molecule has 1 aromatic carbocycles. The zero-order valence-electron chi connectivity index (χ0n) is 19.4. The van der Waals surface area contributed by atoms with Gasteiger partial charge in [0.15, 0.2) is 5.82 Å². The number of carbonyl (C=O) groups excluding carboxylic acids is 1. The topological polar surface area (TPSA) is 116 Å². The SMILES string of the molecule is CCCCOC(=O)N1CCN(c2nccnc2OCCOc2cccc3ccc(N)nc23)CC1. The van der Waals surface area contributed by atoms with Gasteiger partial charge in [-0.3, -0.25) is 0 Å². The lowest BCUT2D eigenvalue weighted by Gasteiger charge is -2.35. The molecule has 0 spiro atoms. The average molecular weight is 467 g/mol. The van der Waals surface area contributed by atoms with Gasteiger partial charge in [-0.05, 0) is 24.6 Å². The van der Waals surface area contributed by atoms with E-state index < -0.39 is 0 Å². The van der Waals surface area contributed by atoms with Gasteiger partial charge in [-0.2, -0.15) is 0 Å². The van der Waals surface area contributed by atoms with Crippen LogP contribution in [0.4, 0.5) is 16.4 Å². The Bertz CT molecular complexity index is 1100. The molecule has 34 heavy (non-hydrogen) atoms. The molecule has 3 heterocycles. The van der Waals surface area contributed by atoms with Crippen molar-refractivity contribution in [1.82, 2.24) is 19.9 Å². The van der Waals surface area contributed by atoms with Gasteiger partial charge < -0.3 is 29.7 Å². The van der Waals surface area contributed by atoms with Crippen LogP contribution in [0.2, 0.25) is 0 Å². The summed E-state index contributed by atoms with van der Waals surface area (Å²) in [6, 6.07) is 9.41. The van der Waals surface area contributed by atoms with Crippen molar-refractivity contribution in [3.05, 3.63) is 42.7 Å². The van der Waals surface area contributed by atoms with E-state index in [1.165, 1.54) is 0 Å². The number of ether oxygens (including phenoxy) is 3. The predicted molar refractivity (Wildman–Crippen MR) is 129 cm³/mol. The van der Waals surface area contributed by atoms with E-state index in [0.717, 1.165) is 18.2 Å². The number of aromatic nitrogens is 3. The molecule has 2 N–H and O–H groups in total. The number of para-hydroxylation sites is 1. The Labute approximate surface area is 198 Å². The second kappa shape index (κ2) is 11.4. The maximum Gasteiger partial charge on any atom is 0.409 e. The first-order chi connectivity index (χ1) is 16.7. The van der Waals surface area contributed by atoms with Gasteiger partial charge in [0.05, 0.1) is 6.61 Å². The molecule has 0 atom stereocenters. The Balaban J connectivity index is 1.30. The van der Waals surface area contributed by atoms with Gasteiger partial charge >= 0.3 is 6.09 Å². The first-order valence-electron chi connectivity index (χ1n) is 11.5. The predicted octanol–water partition coefficient (Wildman–Crippen LogP) is 3.12. The van der Waals surface area contributed by atoms with Gasteiger partial charge in [0, 0.05) is 44.0 Å². The van der Waals surface area contributed by atoms with Crippen molar-refractivity contribution in [3.63, 3.8) is 0 Å². The third-order valence-electron chi connectivity index (χ3n) is 5.49. The summed E-state index contributed by atoms with van der Waals surface area (Å²) in [5.41, 5.74) is 6.54. The fourth-order valence-electron chi connectivity index (χ4n) is 3.67. The van der Waals surface area contributed by atoms with E-state index in [2.05, 4.69) is 26.8 Å². The van der Waals surface area contributed by atoms with E-state index in [-0.39, 0.29) is 12.7 Å². The summed E-state index contributed by atoms with van der Waals surface area (Å²) in [5.74, 6) is 2.18. The van der Waals surface area contributed by atoms with Crippen molar-refractivity contribution in [1.29, 1.82) is 0 Å². The van der Waals surface area contributed by atoms with E-state index in [0.29, 0.717) is 68.2 Å². The number of nitrogen functional groups attached to an aromatic ring is 1. The summed E-state index contributed by atoms with van der Waals surface area (Å²) in [7, 11) is 0. The highest BCUT2D eigenvalue weighted by Crippen LogP contribution is 2.26. The molecule has 10 heteroatoms. The van der Waals surface area contributed by atoms with Gasteiger partial charge in [-0.25, -0.2) is 19.7 Å². The fourth-order valence-corrected chi connectivity index (χ4v) is 3.67. The van der Waals surface area contributed by atoms with Crippen LogP contribution < -0.4 is 20.1 Å². The number of rotatable bonds is 9. The molecule has 1 saturated heterocycles. The summed E-state index contributed by atoms with van der Waals surface area (Å²) >= 11 is 0. The van der Waals surface area contributed by atoms with Crippen LogP contribution in [0.15, 0.2) is 42.7 Å². The highest BCUT2D eigenvalue weighted by Gasteiger charge is 2.25. The number of nitrogens with zero attached hydrogens (tertiary/aromatic N) is 5. The molecule has 4 rings (SSSR count).